The highest BCUT2D eigenvalue weighted by atomic mass is 16.4. The molecule has 0 fully saturated rings. The van der Waals surface area contributed by atoms with Crippen molar-refractivity contribution in [3.63, 3.8) is 0 Å². The van der Waals surface area contributed by atoms with Crippen LogP contribution in [0.1, 0.15) is 33.4 Å². The van der Waals surface area contributed by atoms with Gasteiger partial charge in [0.25, 0.3) is 5.56 Å². The summed E-state index contributed by atoms with van der Waals surface area (Å²) in [5, 5.41) is 18.8. The number of hydrogen-bond donors (Lipinski definition) is 3. The number of anilines is 1. The van der Waals surface area contributed by atoms with Crippen LogP contribution in [-0.2, 0) is 10.2 Å². The number of nitrogen functional groups attached to an aromatic ring is 1. The third kappa shape index (κ3) is 2.76. The van der Waals surface area contributed by atoms with E-state index >= 15 is 0 Å². The second-order valence-electron chi connectivity index (χ2n) is 5.00. The standard InChI is InChI=1S/C10H17N5O3/c1-5(8(17)18)12-9-14-13-6(10(2,3)4)7(16)15(9)11/h5H,11H2,1-4H3,(H,12,14)(H,17,18). The predicted molar refractivity (Wildman–Crippen MR) is 65.9 cm³/mol. The van der Waals surface area contributed by atoms with Crippen LogP contribution >= 0.6 is 0 Å². The Bertz CT molecular complexity index is 517. The van der Waals surface area contributed by atoms with Crippen molar-refractivity contribution in [2.24, 2.45) is 0 Å². The van der Waals surface area contributed by atoms with E-state index < -0.39 is 23.0 Å². The molecule has 0 aliphatic carbocycles. The van der Waals surface area contributed by atoms with Gasteiger partial charge in [-0.1, -0.05) is 20.8 Å². The summed E-state index contributed by atoms with van der Waals surface area (Å²) < 4.78 is 0.771. The Morgan fingerprint density at radius 2 is 2.00 bits per heavy atom. The van der Waals surface area contributed by atoms with E-state index in [0.717, 1.165) is 4.68 Å². The topological polar surface area (TPSA) is 123 Å². The lowest BCUT2D eigenvalue weighted by Crippen LogP contribution is -2.40. The molecule has 0 amide bonds. The molecule has 1 aromatic rings. The van der Waals surface area contributed by atoms with Crippen LogP contribution < -0.4 is 16.7 Å². The van der Waals surface area contributed by atoms with Gasteiger partial charge >= 0.3 is 5.97 Å². The van der Waals surface area contributed by atoms with Crippen LogP contribution in [0.25, 0.3) is 0 Å². The first-order chi connectivity index (χ1) is 8.14. The van der Waals surface area contributed by atoms with Crippen molar-refractivity contribution in [1.82, 2.24) is 14.9 Å². The van der Waals surface area contributed by atoms with E-state index in [0.29, 0.717) is 0 Å². The van der Waals surface area contributed by atoms with Crippen molar-refractivity contribution in [3.05, 3.63) is 16.0 Å². The molecule has 0 saturated carbocycles. The van der Waals surface area contributed by atoms with Crippen LogP contribution in [0.15, 0.2) is 4.79 Å². The Morgan fingerprint density at radius 1 is 1.44 bits per heavy atom. The number of nitrogens with one attached hydrogen (secondary N) is 1. The van der Waals surface area contributed by atoms with Gasteiger partial charge in [0, 0.05) is 5.41 Å². The van der Waals surface area contributed by atoms with Crippen LogP contribution in [0.4, 0.5) is 5.95 Å². The summed E-state index contributed by atoms with van der Waals surface area (Å²) >= 11 is 0. The summed E-state index contributed by atoms with van der Waals surface area (Å²) in [7, 11) is 0. The number of carboxylic acid groups (broad SMARTS) is 1. The first-order valence-electron chi connectivity index (χ1n) is 5.39. The SMILES string of the molecule is CC(Nc1nnc(C(C)(C)C)c(=O)n1N)C(=O)O. The zero-order valence-corrected chi connectivity index (χ0v) is 10.8. The van der Waals surface area contributed by atoms with Crippen molar-refractivity contribution < 1.29 is 9.90 Å². The number of aliphatic carboxylic acids is 1. The van der Waals surface area contributed by atoms with Crippen LogP contribution in [0.5, 0.6) is 0 Å². The number of rotatable bonds is 3. The van der Waals surface area contributed by atoms with E-state index in [1.807, 2.05) is 20.8 Å². The fraction of sp³-hybridized carbons (Fsp3) is 0.600. The second-order valence-corrected chi connectivity index (χ2v) is 5.00. The summed E-state index contributed by atoms with van der Waals surface area (Å²) in [6.07, 6.45) is 0. The Hall–Kier alpha value is -2.12. The molecule has 0 saturated heterocycles. The van der Waals surface area contributed by atoms with Gasteiger partial charge in [-0.2, -0.15) is 4.68 Å². The molecule has 1 rings (SSSR count). The molecule has 0 bridgehead atoms. The molecule has 0 aliphatic rings. The van der Waals surface area contributed by atoms with Gasteiger partial charge in [0.2, 0.25) is 5.95 Å². The van der Waals surface area contributed by atoms with Gasteiger partial charge in [-0.05, 0) is 6.92 Å². The molecule has 1 aromatic heterocycles. The van der Waals surface area contributed by atoms with E-state index in [1.54, 1.807) is 0 Å². The average molecular weight is 255 g/mol. The van der Waals surface area contributed by atoms with Gasteiger partial charge in [-0.3, -0.25) is 9.59 Å². The van der Waals surface area contributed by atoms with Crippen LogP contribution in [0.3, 0.4) is 0 Å². The maximum absolute atomic E-state index is 11.9. The monoisotopic (exact) mass is 255 g/mol. The number of carboxylic acids is 1. The van der Waals surface area contributed by atoms with Crippen molar-refractivity contribution >= 4 is 11.9 Å². The minimum absolute atomic E-state index is 0.0806. The lowest BCUT2D eigenvalue weighted by Gasteiger charge is -2.18. The first kappa shape index (κ1) is 13.9. The average Bonchev–Trinajstić information content (AvgIpc) is 2.22. The normalized spacial score (nSPS) is 13.1. The molecule has 1 unspecified atom stereocenters. The Balaban J connectivity index is 3.17. The molecule has 1 heterocycles. The molecular formula is C10H17N5O3. The number of nitrogens with zero attached hydrogens (tertiary/aromatic N) is 3. The maximum atomic E-state index is 11.9. The Labute approximate surface area is 104 Å². The molecule has 0 spiro atoms. The van der Waals surface area contributed by atoms with Gasteiger partial charge in [0.15, 0.2) is 0 Å². The van der Waals surface area contributed by atoms with Crippen LogP contribution in [0.2, 0.25) is 0 Å². The molecule has 18 heavy (non-hydrogen) atoms. The number of aromatic nitrogens is 3. The minimum Gasteiger partial charge on any atom is -0.480 e. The van der Waals surface area contributed by atoms with Crippen molar-refractivity contribution in [2.45, 2.75) is 39.2 Å². The predicted octanol–water partition coefficient (Wildman–Crippen LogP) is -0.465. The number of hydrogen-bond acceptors (Lipinski definition) is 6. The Kier molecular flexibility index (Phi) is 3.59. The molecular weight excluding hydrogens is 238 g/mol. The summed E-state index contributed by atoms with van der Waals surface area (Å²) in [5.41, 5.74) is -0.765. The summed E-state index contributed by atoms with van der Waals surface area (Å²) in [6, 6.07) is -0.922. The van der Waals surface area contributed by atoms with E-state index in [4.69, 9.17) is 10.9 Å². The fourth-order valence-corrected chi connectivity index (χ4v) is 1.22. The lowest BCUT2D eigenvalue weighted by molar-refractivity contribution is -0.137. The van der Waals surface area contributed by atoms with Gasteiger partial charge in [0.05, 0.1) is 0 Å². The van der Waals surface area contributed by atoms with Crippen molar-refractivity contribution in [3.8, 4) is 0 Å². The van der Waals surface area contributed by atoms with E-state index in [9.17, 15) is 9.59 Å². The molecule has 8 nitrogen and oxygen atoms in total. The van der Waals surface area contributed by atoms with Gasteiger partial charge < -0.3 is 16.3 Å². The molecule has 0 radical (unpaired) electrons. The molecule has 1 atom stereocenters. The largest absolute Gasteiger partial charge is 0.480 e. The molecule has 0 aliphatic heterocycles. The maximum Gasteiger partial charge on any atom is 0.325 e. The van der Waals surface area contributed by atoms with Crippen molar-refractivity contribution in [2.75, 3.05) is 11.2 Å². The zero-order chi connectivity index (χ0) is 14.1. The highest BCUT2D eigenvalue weighted by Gasteiger charge is 2.23. The van der Waals surface area contributed by atoms with Crippen molar-refractivity contribution in [1.29, 1.82) is 0 Å². The van der Waals surface area contributed by atoms with Gasteiger partial charge in [-0.25, -0.2) is 0 Å². The zero-order valence-electron chi connectivity index (χ0n) is 10.8. The minimum atomic E-state index is -1.08. The molecule has 100 valence electrons. The van der Waals surface area contributed by atoms with Crippen LogP contribution in [0, 0.1) is 0 Å². The number of carbonyl (C=O) groups is 1. The van der Waals surface area contributed by atoms with E-state index in [-0.39, 0.29) is 11.6 Å². The second kappa shape index (κ2) is 4.63. The molecule has 8 heteroatoms. The molecule has 4 N–H and O–H groups in total. The third-order valence-corrected chi connectivity index (χ3v) is 2.32. The smallest absolute Gasteiger partial charge is 0.325 e. The summed E-state index contributed by atoms with van der Waals surface area (Å²) in [6.45, 7) is 6.84. The van der Waals surface area contributed by atoms with Gasteiger partial charge in [-0.15, -0.1) is 10.2 Å². The van der Waals surface area contributed by atoms with Crippen LogP contribution in [-0.4, -0.2) is 32.0 Å². The van der Waals surface area contributed by atoms with E-state index in [2.05, 4.69) is 15.5 Å². The highest BCUT2D eigenvalue weighted by Crippen LogP contribution is 2.15. The molecule has 0 aromatic carbocycles. The summed E-state index contributed by atoms with van der Waals surface area (Å²) in [4.78, 5) is 22.6. The highest BCUT2D eigenvalue weighted by molar-refractivity contribution is 5.75. The van der Waals surface area contributed by atoms with Gasteiger partial charge in [0.1, 0.15) is 11.7 Å². The van der Waals surface area contributed by atoms with E-state index in [1.165, 1.54) is 6.92 Å². The lowest BCUT2D eigenvalue weighted by atomic mass is 9.93. The number of nitrogens with two attached hydrogens (primary N) is 1. The quantitative estimate of drug-likeness (QED) is 0.624. The third-order valence-electron chi connectivity index (χ3n) is 2.32. The fourth-order valence-electron chi connectivity index (χ4n) is 1.22. The Morgan fingerprint density at radius 3 is 2.44 bits per heavy atom. The summed E-state index contributed by atoms with van der Waals surface area (Å²) in [5.74, 6) is 4.41. The first-order valence-corrected chi connectivity index (χ1v) is 5.39.